The van der Waals surface area contributed by atoms with Crippen LogP contribution in [0.4, 0.5) is 5.69 Å². The minimum atomic E-state index is -0.363. The van der Waals surface area contributed by atoms with Gasteiger partial charge >= 0.3 is 5.97 Å². The zero-order valence-corrected chi connectivity index (χ0v) is 13.2. The van der Waals surface area contributed by atoms with Crippen LogP contribution in [0.15, 0.2) is 46.9 Å². The highest BCUT2D eigenvalue weighted by Crippen LogP contribution is 2.23. The first-order valence-electron chi connectivity index (χ1n) is 5.97. The number of nitrogens with one attached hydrogen (secondary N) is 1. The maximum Gasteiger partial charge on any atom is 0.339 e. The van der Waals surface area contributed by atoms with Crippen molar-refractivity contribution < 1.29 is 9.53 Å². The fourth-order valence-electron chi connectivity index (χ4n) is 1.79. The van der Waals surface area contributed by atoms with Crippen LogP contribution < -0.4 is 5.32 Å². The number of hydrogen-bond acceptors (Lipinski definition) is 3. The van der Waals surface area contributed by atoms with Crippen LogP contribution in [0.5, 0.6) is 0 Å². The third-order valence-electron chi connectivity index (χ3n) is 2.81. The first-order chi connectivity index (χ1) is 9.61. The summed E-state index contributed by atoms with van der Waals surface area (Å²) in [6, 6.07) is 12.8. The van der Waals surface area contributed by atoms with E-state index in [-0.39, 0.29) is 5.97 Å². The number of ether oxygens (including phenoxy) is 1. The number of halogens is 2. The van der Waals surface area contributed by atoms with Crippen LogP contribution in [0.1, 0.15) is 15.9 Å². The van der Waals surface area contributed by atoms with Crippen LogP contribution in [0.3, 0.4) is 0 Å². The van der Waals surface area contributed by atoms with E-state index in [4.69, 9.17) is 16.3 Å². The highest BCUT2D eigenvalue weighted by atomic mass is 79.9. The Labute approximate surface area is 131 Å². The van der Waals surface area contributed by atoms with Crippen LogP contribution in [0.2, 0.25) is 5.02 Å². The van der Waals surface area contributed by atoms with E-state index < -0.39 is 0 Å². The molecule has 1 N–H and O–H groups in total. The summed E-state index contributed by atoms with van der Waals surface area (Å²) >= 11 is 9.45. The van der Waals surface area contributed by atoms with Gasteiger partial charge in [-0.25, -0.2) is 4.79 Å². The molecule has 0 atom stereocenters. The second-order valence-electron chi connectivity index (χ2n) is 4.13. The van der Waals surface area contributed by atoms with Crippen LogP contribution >= 0.6 is 27.5 Å². The first kappa shape index (κ1) is 14.9. The average Bonchev–Trinajstić information content (AvgIpc) is 2.47. The molecular weight excluding hydrogens is 342 g/mol. The van der Waals surface area contributed by atoms with Crippen molar-refractivity contribution in [3.63, 3.8) is 0 Å². The SMILES string of the molecule is COC(=O)c1ccccc1NCc1cc(Cl)ccc1Br. The smallest absolute Gasteiger partial charge is 0.339 e. The van der Waals surface area contributed by atoms with Crippen molar-refractivity contribution in [1.82, 2.24) is 0 Å². The van der Waals surface area contributed by atoms with Gasteiger partial charge in [-0.2, -0.15) is 0 Å². The maximum atomic E-state index is 11.7. The summed E-state index contributed by atoms with van der Waals surface area (Å²) in [5, 5.41) is 3.90. The van der Waals surface area contributed by atoms with Gasteiger partial charge in [-0.05, 0) is 35.9 Å². The molecule has 0 saturated carbocycles. The van der Waals surface area contributed by atoms with Crippen molar-refractivity contribution in [3.05, 3.63) is 63.1 Å². The molecular formula is C15H13BrClNO2. The van der Waals surface area contributed by atoms with Crippen molar-refractivity contribution in [2.24, 2.45) is 0 Å². The van der Waals surface area contributed by atoms with Crippen LogP contribution in [0.25, 0.3) is 0 Å². The molecule has 0 aliphatic heterocycles. The van der Waals surface area contributed by atoms with E-state index in [0.717, 1.165) is 15.7 Å². The minimum Gasteiger partial charge on any atom is -0.465 e. The van der Waals surface area contributed by atoms with Crippen molar-refractivity contribution in [1.29, 1.82) is 0 Å². The zero-order valence-electron chi connectivity index (χ0n) is 10.8. The average molecular weight is 355 g/mol. The number of carbonyl (C=O) groups excluding carboxylic acids is 1. The lowest BCUT2D eigenvalue weighted by Crippen LogP contribution is -2.08. The van der Waals surface area contributed by atoms with Crippen molar-refractivity contribution in [2.75, 3.05) is 12.4 Å². The number of carbonyl (C=O) groups is 1. The topological polar surface area (TPSA) is 38.3 Å². The maximum absolute atomic E-state index is 11.7. The Morgan fingerprint density at radius 3 is 2.80 bits per heavy atom. The molecule has 0 aliphatic rings. The second kappa shape index (κ2) is 6.77. The zero-order chi connectivity index (χ0) is 14.5. The Morgan fingerprint density at radius 2 is 2.05 bits per heavy atom. The molecule has 0 saturated heterocycles. The fourth-order valence-corrected chi connectivity index (χ4v) is 2.38. The van der Waals surface area contributed by atoms with Crippen molar-refractivity contribution in [2.45, 2.75) is 6.54 Å². The lowest BCUT2D eigenvalue weighted by atomic mass is 10.1. The third-order valence-corrected chi connectivity index (χ3v) is 3.82. The summed E-state index contributed by atoms with van der Waals surface area (Å²) in [7, 11) is 1.37. The molecule has 3 nitrogen and oxygen atoms in total. The molecule has 0 amide bonds. The number of anilines is 1. The van der Waals surface area contributed by atoms with Gasteiger partial charge in [0.15, 0.2) is 0 Å². The Morgan fingerprint density at radius 1 is 1.30 bits per heavy atom. The molecule has 0 radical (unpaired) electrons. The highest BCUT2D eigenvalue weighted by Gasteiger charge is 2.11. The number of methoxy groups -OCH3 is 1. The van der Waals surface area contributed by atoms with Gasteiger partial charge in [0.25, 0.3) is 0 Å². The molecule has 20 heavy (non-hydrogen) atoms. The van der Waals surface area contributed by atoms with Crippen LogP contribution in [-0.2, 0) is 11.3 Å². The van der Waals surface area contributed by atoms with E-state index in [1.54, 1.807) is 12.1 Å². The van der Waals surface area contributed by atoms with Gasteiger partial charge in [0, 0.05) is 21.7 Å². The van der Waals surface area contributed by atoms with Crippen LogP contribution in [-0.4, -0.2) is 13.1 Å². The summed E-state index contributed by atoms with van der Waals surface area (Å²) in [5.74, 6) is -0.363. The summed E-state index contributed by atoms with van der Waals surface area (Å²) < 4.78 is 5.73. The minimum absolute atomic E-state index is 0.363. The molecule has 2 aromatic rings. The molecule has 0 bridgehead atoms. The Kier molecular flexibility index (Phi) is 5.04. The second-order valence-corrected chi connectivity index (χ2v) is 5.42. The fraction of sp³-hybridized carbons (Fsp3) is 0.133. The van der Waals surface area contributed by atoms with E-state index in [1.165, 1.54) is 7.11 Å². The lowest BCUT2D eigenvalue weighted by Gasteiger charge is -2.12. The summed E-state index contributed by atoms with van der Waals surface area (Å²) in [5.41, 5.74) is 2.25. The number of hydrogen-bond donors (Lipinski definition) is 1. The molecule has 0 heterocycles. The molecule has 2 rings (SSSR count). The summed E-state index contributed by atoms with van der Waals surface area (Å²) in [6.07, 6.45) is 0. The third kappa shape index (κ3) is 3.52. The predicted octanol–water partition coefficient (Wildman–Crippen LogP) is 4.50. The van der Waals surface area contributed by atoms with E-state index in [1.807, 2.05) is 30.3 Å². The number of esters is 1. The van der Waals surface area contributed by atoms with Crippen molar-refractivity contribution in [3.8, 4) is 0 Å². The van der Waals surface area contributed by atoms with Gasteiger partial charge in [-0.1, -0.05) is 39.7 Å². The highest BCUT2D eigenvalue weighted by molar-refractivity contribution is 9.10. The van der Waals surface area contributed by atoms with Gasteiger partial charge in [0.05, 0.1) is 12.7 Å². The van der Waals surface area contributed by atoms with Crippen LogP contribution in [0, 0.1) is 0 Å². The number of benzene rings is 2. The van der Waals surface area contributed by atoms with Gasteiger partial charge in [0.1, 0.15) is 0 Å². The number of rotatable bonds is 4. The van der Waals surface area contributed by atoms with E-state index in [0.29, 0.717) is 17.1 Å². The molecule has 0 aliphatic carbocycles. The van der Waals surface area contributed by atoms with E-state index >= 15 is 0 Å². The molecule has 0 unspecified atom stereocenters. The van der Waals surface area contributed by atoms with Gasteiger partial charge in [0.2, 0.25) is 0 Å². The molecule has 5 heteroatoms. The Balaban J connectivity index is 2.19. The van der Waals surface area contributed by atoms with Gasteiger partial charge in [-0.3, -0.25) is 0 Å². The lowest BCUT2D eigenvalue weighted by molar-refractivity contribution is 0.0602. The monoisotopic (exact) mass is 353 g/mol. The van der Waals surface area contributed by atoms with E-state index in [2.05, 4.69) is 21.2 Å². The van der Waals surface area contributed by atoms with Gasteiger partial charge in [-0.15, -0.1) is 0 Å². The quantitative estimate of drug-likeness (QED) is 0.822. The molecule has 0 aromatic heterocycles. The normalized spacial score (nSPS) is 10.2. The summed E-state index contributed by atoms with van der Waals surface area (Å²) in [4.78, 5) is 11.7. The largest absolute Gasteiger partial charge is 0.465 e. The molecule has 2 aromatic carbocycles. The molecule has 104 valence electrons. The first-order valence-corrected chi connectivity index (χ1v) is 7.14. The Bertz CT molecular complexity index is 631. The van der Waals surface area contributed by atoms with E-state index in [9.17, 15) is 4.79 Å². The standard InChI is InChI=1S/C15H13BrClNO2/c1-20-15(19)12-4-2-3-5-14(12)18-9-10-8-11(17)6-7-13(10)16/h2-8,18H,9H2,1H3. The van der Waals surface area contributed by atoms with Gasteiger partial charge < -0.3 is 10.1 Å². The number of para-hydroxylation sites is 1. The summed E-state index contributed by atoms with van der Waals surface area (Å²) in [6.45, 7) is 0.551. The molecule has 0 fully saturated rings. The molecule has 0 spiro atoms. The Hall–Kier alpha value is -1.52. The predicted molar refractivity (Wildman–Crippen MR) is 84.3 cm³/mol. The van der Waals surface area contributed by atoms with Crippen molar-refractivity contribution >= 4 is 39.2 Å².